The third-order valence-corrected chi connectivity index (χ3v) is 5.18. The molecule has 0 aromatic carbocycles. The predicted octanol–water partition coefficient (Wildman–Crippen LogP) is 5.51. The lowest BCUT2D eigenvalue weighted by atomic mass is 10.1. The summed E-state index contributed by atoms with van der Waals surface area (Å²) in [5.74, 6) is 0. The summed E-state index contributed by atoms with van der Waals surface area (Å²) in [5, 5.41) is 0. The molecule has 0 N–H and O–H groups in total. The minimum Gasteiger partial charge on any atom is -0.361 e. The van der Waals surface area contributed by atoms with Crippen molar-refractivity contribution in [2.75, 3.05) is 6.61 Å². The molecule has 1 heterocycles. The average molecular weight is 447 g/mol. The molecule has 0 radical (unpaired) electrons. The molecule has 0 aliphatic rings. The molecule has 0 bridgehead atoms. The van der Waals surface area contributed by atoms with Crippen molar-refractivity contribution < 1.29 is 4.74 Å². The lowest BCUT2D eigenvalue weighted by Gasteiger charge is -2.07. The molecule has 0 amide bonds. The van der Waals surface area contributed by atoms with Gasteiger partial charge in [-0.1, -0.05) is 39.0 Å². The first-order valence-corrected chi connectivity index (χ1v) is 8.69. The Hall–Kier alpha value is 0.610. The highest BCUT2D eigenvalue weighted by Gasteiger charge is 2.10. The number of halogens is 3. The molecule has 0 aliphatic heterocycles. The summed E-state index contributed by atoms with van der Waals surface area (Å²) < 4.78 is 10.0. The van der Waals surface area contributed by atoms with Gasteiger partial charge in [-0.3, -0.25) is 4.57 Å². The summed E-state index contributed by atoms with van der Waals surface area (Å²) in [6, 6.07) is 0. The Labute approximate surface area is 134 Å². The number of aromatic nitrogens is 2. The van der Waals surface area contributed by atoms with Crippen LogP contribution < -0.4 is 0 Å². The van der Waals surface area contributed by atoms with Crippen LogP contribution in [0.25, 0.3) is 0 Å². The molecule has 104 valence electrons. The van der Waals surface area contributed by atoms with Gasteiger partial charge in [-0.05, 0) is 54.2 Å². The fourth-order valence-electron chi connectivity index (χ4n) is 1.63. The van der Waals surface area contributed by atoms with E-state index < -0.39 is 0 Å². The van der Waals surface area contributed by atoms with Crippen molar-refractivity contribution >= 4 is 47.8 Å². The fourth-order valence-corrected chi connectivity index (χ4v) is 3.30. The molecular formula is C12H19Br3N2O. The Morgan fingerprint density at radius 3 is 2.33 bits per heavy atom. The maximum absolute atomic E-state index is 5.64. The lowest BCUT2D eigenvalue weighted by Crippen LogP contribution is -2.04. The van der Waals surface area contributed by atoms with Gasteiger partial charge in [0.15, 0.2) is 4.73 Å². The summed E-state index contributed by atoms with van der Waals surface area (Å²) in [7, 11) is 0. The van der Waals surface area contributed by atoms with Crippen LogP contribution in [0.15, 0.2) is 13.9 Å². The van der Waals surface area contributed by atoms with Crippen molar-refractivity contribution in [3.8, 4) is 0 Å². The quantitative estimate of drug-likeness (QED) is 0.468. The largest absolute Gasteiger partial charge is 0.361 e. The van der Waals surface area contributed by atoms with Gasteiger partial charge >= 0.3 is 0 Å². The normalized spacial score (nSPS) is 11.1. The lowest BCUT2D eigenvalue weighted by molar-refractivity contribution is 0.0710. The molecule has 1 rings (SSSR count). The Bertz CT molecular complexity index is 355. The van der Waals surface area contributed by atoms with E-state index in [2.05, 4.69) is 59.7 Å². The third kappa shape index (κ3) is 5.72. The SMILES string of the molecule is CCCCCCCCOCn1c(Br)nc(Br)c1Br. The van der Waals surface area contributed by atoms with Crippen LogP contribution in [0.5, 0.6) is 0 Å². The van der Waals surface area contributed by atoms with Gasteiger partial charge < -0.3 is 4.74 Å². The minimum absolute atomic E-state index is 0.523. The van der Waals surface area contributed by atoms with Crippen LogP contribution in [0.3, 0.4) is 0 Å². The van der Waals surface area contributed by atoms with E-state index >= 15 is 0 Å². The fraction of sp³-hybridized carbons (Fsp3) is 0.750. The highest BCUT2D eigenvalue weighted by atomic mass is 79.9. The molecule has 0 saturated heterocycles. The highest BCUT2D eigenvalue weighted by molar-refractivity contribution is 9.13. The van der Waals surface area contributed by atoms with E-state index in [4.69, 9.17) is 4.74 Å². The van der Waals surface area contributed by atoms with E-state index in [1.165, 1.54) is 32.1 Å². The molecular weight excluding hydrogens is 428 g/mol. The summed E-state index contributed by atoms with van der Waals surface area (Å²) >= 11 is 10.2. The first-order valence-electron chi connectivity index (χ1n) is 6.31. The molecule has 0 spiro atoms. The number of imidazole rings is 1. The monoisotopic (exact) mass is 444 g/mol. The molecule has 0 aliphatic carbocycles. The van der Waals surface area contributed by atoms with E-state index in [1.54, 1.807) is 0 Å². The van der Waals surface area contributed by atoms with Gasteiger partial charge in [-0.25, -0.2) is 4.98 Å². The van der Waals surface area contributed by atoms with Crippen molar-refractivity contribution in [1.29, 1.82) is 0 Å². The number of nitrogens with zero attached hydrogens (tertiary/aromatic N) is 2. The number of ether oxygens (including phenoxy) is 1. The topological polar surface area (TPSA) is 27.1 Å². The van der Waals surface area contributed by atoms with Crippen LogP contribution in [0, 0.1) is 0 Å². The maximum Gasteiger partial charge on any atom is 0.181 e. The molecule has 0 saturated carbocycles. The number of rotatable bonds is 9. The van der Waals surface area contributed by atoms with Crippen LogP contribution in [0.1, 0.15) is 45.4 Å². The summed E-state index contributed by atoms with van der Waals surface area (Å²) in [6.45, 7) is 3.57. The first-order chi connectivity index (χ1) is 8.66. The smallest absolute Gasteiger partial charge is 0.181 e. The highest BCUT2D eigenvalue weighted by Crippen LogP contribution is 2.26. The molecule has 1 aromatic heterocycles. The van der Waals surface area contributed by atoms with Crippen molar-refractivity contribution in [2.45, 2.75) is 52.2 Å². The van der Waals surface area contributed by atoms with Crippen LogP contribution in [-0.2, 0) is 11.5 Å². The maximum atomic E-state index is 5.64. The van der Waals surface area contributed by atoms with Crippen molar-refractivity contribution in [3.05, 3.63) is 13.9 Å². The molecule has 3 nitrogen and oxygen atoms in total. The van der Waals surface area contributed by atoms with E-state index in [9.17, 15) is 0 Å². The van der Waals surface area contributed by atoms with E-state index in [-0.39, 0.29) is 0 Å². The summed E-state index contributed by atoms with van der Waals surface area (Å²) in [4.78, 5) is 4.23. The second-order valence-corrected chi connectivity index (χ2v) is 6.41. The second kappa shape index (κ2) is 9.50. The average Bonchev–Trinajstić information content (AvgIpc) is 2.58. The number of hydrogen-bond acceptors (Lipinski definition) is 2. The van der Waals surface area contributed by atoms with Crippen molar-refractivity contribution in [3.63, 3.8) is 0 Å². The van der Waals surface area contributed by atoms with Gasteiger partial charge in [0, 0.05) is 6.61 Å². The third-order valence-electron chi connectivity index (χ3n) is 2.68. The van der Waals surface area contributed by atoms with Gasteiger partial charge in [0.25, 0.3) is 0 Å². The van der Waals surface area contributed by atoms with Crippen molar-refractivity contribution in [1.82, 2.24) is 9.55 Å². The molecule has 0 atom stereocenters. The molecule has 18 heavy (non-hydrogen) atoms. The van der Waals surface area contributed by atoms with Crippen LogP contribution in [0.4, 0.5) is 0 Å². The van der Waals surface area contributed by atoms with Gasteiger partial charge in [-0.2, -0.15) is 0 Å². The molecule has 0 unspecified atom stereocenters. The number of hydrogen-bond donors (Lipinski definition) is 0. The summed E-state index contributed by atoms with van der Waals surface area (Å²) in [6.07, 6.45) is 7.71. The zero-order valence-electron chi connectivity index (χ0n) is 10.6. The Kier molecular flexibility index (Phi) is 8.80. The number of unbranched alkanes of at least 4 members (excludes halogenated alkanes) is 5. The van der Waals surface area contributed by atoms with Crippen LogP contribution in [-0.4, -0.2) is 16.2 Å². The Morgan fingerprint density at radius 1 is 1.06 bits per heavy atom. The van der Waals surface area contributed by atoms with Gasteiger partial charge in [0.05, 0.1) is 0 Å². The second-order valence-electron chi connectivity index (χ2n) is 4.20. The summed E-state index contributed by atoms with van der Waals surface area (Å²) in [5.41, 5.74) is 0. The van der Waals surface area contributed by atoms with E-state index in [1.807, 2.05) is 4.57 Å². The van der Waals surface area contributed by atoms with Crippen LogP contribution in [0.2, 0.25) is 0 Å². The molecule has 0 fully saturated rings. The molecule has 1 aromatic rings. The van der Waals surface area contributed by atoms with E-state index in [0.717, 1.165) is 27.0 Å². The van der Waals surface area contributed by atoms with E-state index in [0.29, 0.717) is 6.73 Å². The van der Waals surface area contributed by atoms with Crippen molar-refractivity contribution in [2.24, 2.45) is 0 Å². The van der Waals surface area contributed by atoms with Gasteiger partial charge in [0.1, 0.15) is 15.9 Å². The predicted molar refractivity (Wildman–Crippen MR) is 84.7 cm³/mol. The Morgan fingerprint density at radius 2 is 1.72 bits per heavy atom. The van der Waals surface area contributed by atoms with Gasteiger partial charge in [0.2, 0.25) is 0 Å². The minimum atomic E-state index is 0.523. The molecule has 6 heteroatoms. The first kappa shape index (κ1) is 16.7. The standard InChI is InChI=1S/C12H19Br3N2O/c1-2-3-4-5-6-7-8-18-9-17-11(14)10(13)16-12(17)15/h2-9H2,1H3. The van der Waals surface area contributed by atoms with Gasteiger partial charge in [-0.15, -0.1) is 0 Å². The zero-order valence-corrected chi connectivity index (χ0v) is 15.4. The zero-order chi connectivity index (χ0) is 13.4. The van der Waals surface area contributed by atoms with Crippen LogP contribution >= 0.6 is 47.8 Å². The Balaban J connectivity index is 2.11.